The Morgan fingerprint density at radius 2 is 2.21 bits per heavy atom. The first kappa shape index (κ1) is 13.9. The van der Waals surface area contributed by atoms with Crippen LogP contribution >= 0.6 is 11.8 Å². The molecule has 6 heteroatoms. The number of fused-ring (bicyclic) bond motifs is 1. The number of H-pyrrole nitrogens is 1. The van der Waals surface area contributed by atoms with Crippen molar-refractivity contribution in [2.24, 2.45) is 0 Å². The van der Waals surface area contributed by atoms with Gasteiger partial charge in [0.25, 0.3) is 0 Å². The van der Waals surface area contributed by atoms with Crippen LogP contribution in [0.4, 0.5) is 11.4 Å². The summed E-state index contributed by atoms with van der Waals surface area (Å²) >= 11 is 1.88. The highest BCUT2D eigenvalue weighted by Crippen LogP contribution is 2.24. The van der Waals surface area contributed by atoms with Crippen LogP contribution in [0.5, 0.6) is 0 Å². The van der Waals surface area contributed by atoms with Crippen LogP contribution < -0.4 is 16.8 Å². The standard InChI is InChI=1S/C13H19N3O2S/c1-19-6-4-2-3-5-15-10-8-11-12(7-9(10)14)18-13(17)16-11/h7-8,15H,2-6,14H2,1H3,(H,16,17). The summed E-state index contributed by atoms with van der Waals surface area (Å²) in [6, 6.07) is 3.49. The van der Waals surface area contributed by atoms with Crippen molar-refractivity contribution in [3.05, 3.63) is 22.7 Å². The summed E-state index contributed by atoms with van der Waals surface area (Å²) in [5.41, 5.74) is 8.52. The Balaban J connectivity index is 1.92. The molecule has 0 fully saturated rings. The minimum absolute atomic E-state index is 0.455. The van der Waals surface area contributed by atoms with E-state index in [9.17, 15) is 4.79 Å². The Kier molecular flexibility index (Phi) is 4.79. The molecule has 0 radical (unpaired) electrons. The maximum Gasteiger partial charge on any atom is 0.417 e. The van der Waals surface area contributed by atoms with Gasteiger partial charge in [0.05, 0.1) is 16.9 Å². The second-order valence-electron chi connectivity index (χ2n) is 4.43. The molecule has 1 aromatic carbocycles. The molecule has 4 N–H and O–H groups in total. The van der Waals surface area contributed by atoms with Crippen LogP contribution in [0.3, 0.4) is 0 Å². The molecular formula is C13H19N3O2S. The first-order valence-corrected chi connectivity index (χ1v) is 7.75. The summed E-state index contributed by atoms with van der Waals surface area (Å²) in [6.07, 6.45) is 5.69. The number of oxazole rings is 1. The lowest BCUT2D eigenvalue weighted by Crippen LogP contribution is -2.04. The van der Waals surface area contributed by atoms with Crippen molar-refractivity contribution in [2.45, 2.75) is 19.3 Å². The number of anilines is 2. The van der Waals surface area contributed by atoms with E-state index in [0.717, 1.165) is 18.7 Å². The van der Waals surface area contributed by atoms with Crippen molar-refractivity contribution in [3.8, 4) is 0 Å². The molecule has 1 aromatic heterocycles. The number of hydrogen-bond donors (Lipinski definition) is 3. The van der Waals surface area contributed by atoms with Gasteiger partial charge < -0.3 is 15.5 Å². The number of nitrogen functional groups attached to an aromatic ring is 1. The first-order valence-electron chi connectivity index (χ1n) is 6.36. The Labute approximate surface area is 115 Å². The lowest BCUT2D eigenvalue weighted by molar-refractivity contribution is 0.555. The van der Waals surface area contributed by atoms with Crippen LogP contribution in [-0.4, -0.2) is 23.5 Å². The molecule has 2 rings (SSSR count). The van der Waals surface area contributed by atoms with Crippen LogP contribution in [0, 0.1) is 0 Å². The molecule has 0 aliphatic carbocycles. The fourth-order valence-corrected chi connectivity index (χ4v) is 2.43. The maximum atomic E-state index is 11.1. The van der Waals surface area contributed by atoms with Gasteiger partial charge in [0.15, 0.2) is 5.58 Å². The highest BCUT2D eigenvalue weighted by Gasteiger charge is 2.06. The number of hydrogen-bond acceptors (Lipinski definition) is 5. The molecule has 0 aliphatic heterocycles. The third kappa shape index (κ3) is 3.70. The van der Waals surface area contributed by atoms with Crippen LogP contribution in [0.1, 0.15) is 19.3 Å². The summed E-state index contributed by atoms with van der Waals surface area (Å²) < 4.78 is 4.95. The van der Waals surface area contributed by atoms with Crippen LogP contribution in [0.15, 0.2) is 21.3 Å². The predicted octanol–water partition coefficient (Wildman–Crippen LogP) is 2.65. The molecule has 0 amide bonds. The summed E-state index contributed by atoms with van der Waals surface area (Å²) in [5, 5.41) is 3.30. The molecule has 0 saturated heterocycles. The van der Waals surface area contributed by atoms with Crippen molar-refractivity contribution in [1.29, 1.82) is 0 Å². The molecular weight excluding hydrogens is 262 g/mol. The highest BCUT2D eigenvalue weighted by atomic mass is 32.2. The minimum atomic E-state index is -0.455. The van der Waals surface area contributed by atoms with Gasteiger partial charge in [-0.2, -0.15) is 11.8 Å². The monoisotopic (exact) mass is 281 g/mol. The lowest BCUT2D eigenvalue weighted by atomic mass is 10.2. The average Bonchev–Trinajstić information content (AvgIpc) is 2.72. The quantitative estimate of drug-likeness (QED) is 0.537. The number of unbranched alkanes of at least 4 members (excludes halogenated alkanes) is 2. The van der Waals surface area contributed by atoms with E-state index in [1.165, 1.54) is 18.6 Å². The molecule has 19 heavy (non-hydrogen) atoms. The average molecular weight is 281 g/mol. The molecule has 5 nitrogen and oxygen atoms in total. The SMILES string of the molecule is CSCCCCCNc1cc2[nH]c(=O)oc2cc1N. The number of thioether (sulfide) groups is 1. The van der Waals surface area contributed by atoms with E-state index >= 15 is 0 Å². The van der Waals surface area contributed by atoms with Gasteiger partial charge in [-0.25, -0.2) is 4.79 Å². The Morgan fingerprint density at radius 1 is 1.37 bits per heavy atom. The first-order chi connectivity index (χ1) is 9.20. The summed E-state index contributed by atoms with van der Waals surface area (Å²) in [6.45, 7) is 0.881. The number of aromatic amines is 1. The molecule has 1 heterocycles. The van der Waals surface area contributed by atoms with Gasteiger partial charge in [0, 0.05) is 12.6 Å². The Bertz CT molecular complexity index is 591. The topological polar surface area (TPSA) is 84.0 Å². The Hall–Kier alpha value is -1.56. The van der Waals surface area contributed by atoms with Crippen molar-refractivity contribution in [3.63, 3.8) is 0 Å². The van der Waals surface area contributed by atoms with Gasteiger partial charge in [-0.15, -0.1) is 0 Å². The largest absolute Gasteiger partial charge is 0.417 e. The third-order valence-electron chi connectivity index (χ3n) is 2.93. The van der Waals surface area contributed by atoms with E-state index in [1.807, 2.05) is 17.8 Å². The second-order valence-corrected chi connectivity index (χ2v) is 5.42. The summed E-state index contributed by atoms with van der Waals surface area (Å²) in [4.78, 5) is 13.7. The lowest BCUT2D eigenvalue weighted by Gasteiger charge is -2.08. The molecule has 0 spiro atoms. The van der Waals surface area contributed by atoms with Gasteiger partial charge in [0.2, 0.25) is 0 Å². The van der Waals surface area contributed by atoms with Gasteiger partial charge in [-0.3, -0.25) is 4.98 Å². The minimum Gasteiger partial charge on any atom is -0.408 e. The van der Waals surface area contributed by atoms with E-state index < -0.39 is 5.76 Å². The highest BCUT2D eigenvalue weighted by molar-refractivity contribution is 7.98. The van der Waals surface area contributed by atoms with E-state index in [4.69, 9.17) is 10.2 Å². The van der Waals surface area contributed by atoms with E-state index in [1.54, 1.807) is 6.07 Å². The van der Waals surface area contributed by atoms with E-state index in [2.05, 4.69) is 16.6 Å². The zero-order chi connectivity index (χ0) is 13.7. The van der Waals surface area contributed by atoms with Crippen LogP contribution in [0.25, 0.3) is 11.1 Å². The fraction of sp³-hybridized carbons (Fsp3) is 0.462. The molecule has 0 atom stereocenters. The number of benzene rings is 1. The summed E-state index contributed by atoms with van der Waals surface area (Å²) in [7, 11) is 0. The molecule has 0 unspecified atom stereocenters. The Morgan fingerprint density at radius 3 is 3.00 bits per heavy atom. The van der Waals surface area contributed by atoms with Crippen molar-refractivity contribution in [1.82, 2.24) is 4.98 Å². The number of nitrogens with two attached hydrogens (primary N) is 1. The maximum absolute atomic E-state index is 11.1. The third-order valence-corrected chi connectivity index (χ3v) is 3.63. The van der Waals surface area contributed by atoms with Crippen molar-refractivity contribution in [2.75, 3.05) is 29.6 Å². The van der Waals surface area contributed by atoms with E-state index in [0.29, 0.717) is 16.8 Å². The van der Waals surface area contributed by atoms with Gasteiger partial charge in [0.1, 0.15) is 0 Å². The predicted molar refractivity (Wildman–Crippen MR) is 82.0 cm³/mol. The zero-order valence-corrected chi connectivity index (χ0v) is 11.8. The van der Waals surface area contributed by atoms with Crippen molar-refractivity contribution < 1.29 is 4.42 Å². The molecule has 2 aromatic rings. The molecule has 0 saturated carbocycles. The smallest absolute Gasteiger partial charge is 0.408 e. The molecule has 0 bridgehead atoms. The number of nitrogens with one attached hydrogen (secondary N) is 2. The van der Waals surface area contributed by atoms with Gasteiger partial charge in [-0.1, -0.05) is 6.42 Å². The second kappa shape index (κ2) is 6.56. The van der Waals surface area contributed by atoms with Crippen LogP contribution in [-0.2, 0) is 0 Å². The molecule has 104 valence electrons. The van der Waals surface area contributed by atoms with Crippen molar-refractivity contribution >= 4 is 34.2 Å². The number of aromatic nitrogens is 1. The fourth-order valence-electron chi connectivity index (χ4n) is 1.94. The normalized spacial score (nSPS) is 11.0. The summed E-state index contributed by atoms with van der Waals surface area (Å²) in [5.74, 6) is 0.758. The molecule has 0 aliphatic rings. The van der Waals surface area contributed by atoms with Crippen LogP contribution in [0.2, 0.25) is 0 Å². The zero-order valence-electron chi connectivity index (χ0n) is 11.0. The van der Waals surface area contributed by atoms with E-state index in [-0.39, 0.29) is 0 Å². The van der Waals surface area contributed by atoms with Gasteiger partial charge >= 0.3 is 5.76 Å². The van der Waals surface area contributed by atoms with Gasteiger partial charge in [-0.05, 0) is 30.9 Å². The number of rotatable bonds is 7.